The number of hydrogen-bond acceptors (Lipinski definition) is 8. The van der Waals surface area contributed by atoms with Crippen molar-refractivity contribution in [2.24, 2.45) is 0 Å². The SMILES string of the molecule is COCCc1nc2c(N)nc3ccccc3c2n1CCCN(Cc1cccc(OCC(=O)O)c1)C(=O)CN1CCCC1. The topological polar surface area (TPSA) is 136 Å². The summed E-state index contributed by atoms with van der Waals surface area (Å²) < 4.78 is 12.9. The Hall–Kier alpha value is -4.22. The number of imidazole rings is 1. The lowest BCUT2D eigenvalue weighted by atomic mass is 10.1. The monoisotopic (exact) mass is 574 g/mol. The number of para-hydroxylation sites is 1. The molecule has 4 aromatic rings. The number of nitrogen functional groups attached to an aromatic ring is 1. The quantitative estimate of drug-likeness (QED) is 0.232. The Morgan fingerprint density at radius 1 is 1.10 bits per heavy atom. The Bertz CT molecular complexity index is 1550. The first-order valence-electron chi connectivity index (χ1n) is 14.4. The predicted molar refractivity (Wildman–Crippen MR) is 160 cm³/mol. The molecule has 3 heterocycles. The van der Waals surface area contributed by atoms with Gasteiger partial charge < -0.3 is 29.8 Å². The highest BCUT2D eigenvalue weighted by molar-refractivity contribution is 6.06. The summed E-state index contributed by atoms with van der Waals surface area (Å²) in [4.78, 5) is 38.0. The van der Waals surface area contributed by atoms with E-state index in [1.165, 1.54) is 0 Å². The minimum absolute atomic E-state index is 0.0720. The van der Waals surface area contributed by atoms with Crippen LogP contribution in [0.4, 0.5) is 5.82 Å². The van der Waals surface area contributed by atoms with Crippen LogP contribution in [-0.4, -0.2) is 87.8 Å². The molecule has 0 spiro atoms. The zero-order chi connectivity index (χ0) is 29.5. The van der Waals surface area contributed by atoms with Gasteiger partial charge in [-0.3, -0.25) is 9.69 Å². The van der Waals surface area contributed by atoms with Gasteiger partial charge in [0.2, 0.25) is 5.91 Å². The molecule has 42 heavy (non-hydrogen) atoms. The molecule has 11 heteroatoms. The highest BCUT2D eigenvalue weighted by Crippen LogP contribution is 2.29. The number of anilines is 1. The van der Waals surface area contributed by atoms with E-state index >= 15 is 0 Å². The van der Waals surface area contributed by atoms with Gasteiger partial charge in [0.25, 0.3) is 0 Å². The number of hydrogen-bond donors (Lipinski definition) is 2. The number of nitrogens with two attached hydrogens (primary N) is 1. The Kier molecular flexibility index (Phi) is 9.50. The van der Waals surface area contributed by atoms with Crippen LogP contribution in [0, 0.1) is 0 Å². The average molecular weight is 575 g/mol. The van der Waals surface area contributed by atoms with Crippen molar-refractivity contribution in [1.82, 2.24) is 24.3 Å². The Morgan fingerprint density at radius 2 is 1.90 bits per heavy atom. The molecule has 1 saturated heterocycles. The zero-order valence-electron chi connectivity index (χ0n) is 24.0. The van der Waals surface area contributed by atoms with E-state index in [1.54, 1.807) is 19.2 Å². The minimum atomic E-state index is -1.04. The molecule has 11 nitrogen and oxygen atoms in total. The van der Waals surface area contributed by atoms with Gasteiger partial charge in [-0.2, -0.15) is 0 Å². The number of aryl methyl sites for hydroxylation is 1. The third-order valence-electron chi connectivity index (χ3n) is 7.57. The van der Waals surface area contributed by atoms with Crippen LogP contribution in [0.15, 0.2) is 48.5 Å². The lowest BCUT2D eigenvalue weighted by Crippen LogP contribution is -2.39. The highest BCUT2D eigenvalue weighted by Gasteiger charge is 2.22. The number of carboxylic acids is 1. The first-order chi connectivity index (χ1) is 20.4. The van der Waals surface area contributed by atoms with Crippen molar-refractivity contribution in [2.75, 3.05) is 52.2 Å². The standard InChI is InChI=1S/C31H38N6O5/c1-41-17-12-26-34-29-30(24-10-2-3-11-25(24)33-31(29)32)37(26)16-7-15-36(27(38)20-35-13-4-5-14-35)19-22-8-6-9-23(18-22)42-21-28(39)40/h2-3,6,8-11,18H,4-5,7,12-17,19-21H2,1H3,(H2,32,33)(H,39,40). The number of pyridine rings is 1. The second kappa shape index (κ2) is 13.6. The number of carbonyl (C=O) groups excluding carboxylic acids is 1. The molecular weight excluding hydrogens is 536 g/mol. The number of aliphatic carboxylic acids is 1. The van der Waals surface area contributed by atoms with E-state index in [-0.39, 0.29) is 5.91 Å². The summed E-state index contributed by atoms with van der Waals surface area (Å²) in [5.74, 6) is 0.767. The van der Waals surface area contributed by atoms with Crippen LogP contribution in [0.5, 0.6) is 5.75 Å². The van der Waals surface area contributed by atoms with Crippen molar-refractivity contribution in [3.8, 4) is 5.75 Å². The third-order valence-corrected chi connectivity index (χ3v) is 7.57. The number of fused-ring (bicyclic) bond motifs is 3. The van der Waals surface area contributed by atoms with E-state index in [9.17, 15) is 9.59 Å². The lowest BCUT2D eigenvalue weighted by molar-refractivity contribution is -0.139. The van der Waals surface area contributed by atoms with Gasteiger partial charge >= 0.3 is 5.97 Å². The fourth-order valence-corrected chi connectivity index (χ4v) is 5.57. The molecule has 0 aliphatic carbocycles. The molecule has 222 valence electrons. The molecule has 3 N–H and O–H groups in total. The zero-order valence-corrected chi connectivity index (χ0v) is 24.0. The molecule has 0 atom stereocenters. The van der Waals surface area contributed by atoms with E-state index in [4.69, 9.17) is 25.3 Å². The van der Waals surface area contributed by atoms with Crippen LogP contribution in [0.2, 0.25) is 0 Å². The van der Waals surface area contributed by atoms with Gasteiger partial charge in [-0.1, -0.05) is 30.3 Å². The summed E-state index contributed by atoms with van der Waals surface area (Å²) in [6, 6.07) is 15.2. The molecule has 1 fully saturated rings. The van der Waals surface area contributed by atoms with Crippen LogP contribution in [0.3, 0.4) is 0 Å². The molecular formula is C31H38N6O5. The third kappa shape index (κ3) is 6.97. The lowest BCUT2D eigenvalue weighted by Gasteiger charge is -2.26. The Balaban J connectivity index is 1.38. The first-order valence-corrected chi connectivity index (χ1v) is 14.4. The summed E-state index contributed by atoms with van der Waals surface area (Å²) >= 11 is 0. The van der Waals surface area contributed by atoms with Gasteiger partial charge in [0, 0.05) is 38.6 Å². The molecule has 1 amide bonds. The molecule has 0 bridgehead atoms. The largest absolute Gasteiger partial charge is 0.482 e. The average Bonchev–Trinajstić information content (AvgIpc) is 3.63. The van der Waals surface area contributed by atoms with Crippen LogP contribution < -0.4 is 10.5 Å². The van der Waals surface area contributed by atoms with Crippen LogP contribution in [-0.2, 0) is 33.8 Å². The van der Waals surface area contributed by atoms with E-state index in [2.05, 4.69) is 14.5 Å². The van der Waals surface area contributed by atoms with Crippen molar-refractivity contribution in [3.63, 3.8) is 0 Å². The van der Waals surface area contributed by atoms with Gasteiger partial charge in [0.05, 0.1) is 24.2 Å². The predicted octanol–water partition coefficient (Wildman–Crippen LogP) is 3.33. The van der Waals surface area contributed by atoms with E-state index < -0.39 is 12.6 Å². The van der Waals surface area contributed by atoms with Crippen molar-refractivity contribution in [3.05, 3.63) is 59.9 Å². The van der Waals surface area contributed by atoms with Crippen LogP contribution in [0.1, 0.15) is 30.7 Å². The molecule has 1 aliphatic rings. The summed E-state index contributed by atoms with van der Waals surface area (Å²) in [7, 11) is 1.67. The number of rotatable bonds is 14. The summed E-state index contributed by atoms with van der Waals surface area (Å²) in [5, 5.41) is 9.96. The normalized spacial score (nSPS) is 13.6. The fraction of sp³-hybridized carbons (Fsp3) is 0.419. The summed E-state index contributed by atoms with van der Waals surface area (Å²) in [5.41, 5.74) is 9.67. The molecule has 2 aromatic carbocycles. The number of carbonyl (C=O) groups is 2. The van der Waals surface area contributed by atoms with Crippen LogP contribution in [0.25, 0.3) is 21.9 Å². The van der Waals surface area contributed by atoms with Crippen LogP contribution >= 0.6 is 0 Å². The second-order valence-electron chi connectivity index (χ2n) is 10.6. The maximum absolute atomic E-state index is 13.6. The number of methoxy groups -OCH3 is 1. The van der Waals surface area contributed by atoms with Crippen molar-refractivity contribution >= 4 is 39.6 Å². The number of benzene rings is 2. The van der Waals surface area contributed by atoms with E-state index in [0.717, 1.165) is 53.7 Å². The molecule has 0 unspecified atom stereocenters. The molecule has 0 saturated carbocycles. The number of amides is 1. The maximum Gasteiger partial charge on any atom is 0.341 e. The molecule has 0 radical (unpaired) electrons. The van der Waals surface area contributed by atoms with Gasteiger partial charge in [0.1, 0.15) is 17.1 Å². The highest BCUT2D eigenvalue weighted by atomic mass is 16.5. The number of aromatic nitrogens is 3. The molecule has 2 aromatic heterocycles. The van der Waals surface area contributed by atoms with Crippen molar-refractivity contribution in [1.29, 1.82) is 0 Å². The van der Waals surface area contributed by atoms with E-state index in [0.29, 0.717) is 62.7 Å². The second-order valence-corrected chi connectivity index (χ2v) is 10.6. The molecule has 5 rings (SSSR count). The number of carboxylic acid groups (broad SMARTS) is 1. The smallest absolute Gasteiger partial charge is 0.341 e. The number of nitrogens with zero attached hydrogens (tertiary/aromatic N) is 5. The van der Waals surface area contributed by atoms with Gasteiger partial charge in [0.15, 0.2) is 12.4 Å². The fourth-order valence-electron chi connectivity index (χ4n) is 5.57. The van der Waals surface area contributed by atoms with Gasteiger partial charge in [-0.05, 0) is 56.1 Å². The maximum atomic E-state index is 13.6. The van der Waals surface area contributed by atoms with Gasteiger partial charge in [-0.15, -0.1) is 0 Å². The van der Waals surface area contributed by atoms with Crippen molar-refractivity contribution < 1.29 is 24.2 Å². The Morgan fingerprint density at radius 3 is 2.69 bits per heavy atom. The summed E-state index contributed by atoms with van der Waals surface area (Å²) in [6.07, 6.45) is 3.54. The molecule has 1 aliphatic heterocycles. The minimum Gasteiger partial charge on any atom is -0.482 e. The Labute approximate surface area is 244 Å². The van der Waals surface area contributed by atoms with E-state index in [1.807, 2.05) is 41.3 Å². The van der Waals surface area contributed by atoms with Gasteiger partial charge in [-0.25, -0.2) is 14.8 Å². The summed E-state index contributed by atoms with van der Waals surface area (Å²) in [6.45, 7) is 3.94. The number of ether oxygens (including phenoxy) is 2. The van der Waals surface area contributed by atoms with Crippen molar-refractivity contribution in [2.45, 2.75) is 38.8 Å². The first kappa shape index (κ1) is 29.3. The number of likely N-dealkylation sites (tertiary alicyclic amines) is 1.